The van der Waals surface area contributed by atoms with Gasteiger partial charge in [0.05, 0.1) is 13.3 Å². The number of unbranched alkanes of at least 4 members (excludes halogenated alkanes) is 1. The molecular weight excluding hydrogens is 298 g/mol. The van der Waals surface area contributed by atoms with Crippen LogP contribution >= 0.6 is 16.3 Å². The second-order valence-corrected chi connectivity index (χ2v) is 8.48. The molecule has 0 bridgehead atoms. The van der Waals surface area contributed by atoms with E-state index in [1.807, 2.05) is 26.8 Å². The van der Waals surface area contributed by atoms with Crippen molar-refractivity contribution >= 4 is 16.3 Å². The van der Waals surface area contributed by atoms with Crippen molar-refractivity contribution < 1.29 is 24.5 Å². The van der Waals surface area contributed by atoms with Gasteiger partial charge < -0.3 is 19.6 Å². The number of allylic oxidation sites excluding steroid dienone is 4. The summed E-state index contributed by atoms with van der Waals surface area (Å²) in [5.74, 6) is 0. The van der Waals surface area contributed by atoms with Crippen molar-refractivity contribution in [3.8, 4) is 0 Å². The summed E-state index contributed by atoms with van der Waals surface area (Å²) in [6.07, 6.45) is 7.00. The van der Waals surface area contributed by atoms with Crippen LogP contribution in [-0.2, 0) is 0 Å². The van der Waals surface area contributed by atoms with Crippen LogP contribution in [0.25, 0.3) is 0 Å². The van der Waals surface area contributed by atoms with Crippen LogP contribution in [0.2, 0.25) is 0 Å². The van der Waals surface area contributed by atoms with Crippen LogP contribution in [0.4, 0.5) is 0 Å². The fourth-order valence-corrected chi connectivity index (χ4v) is 3.58. The molecule has 0 amide bonds. The zero-order valence-corrected chi connectivity index (χ0v) is 14.0. The summed E-state index contributed by atoms with van der Waals surface area (Å²) in [7, 11) is -7.95. The SMILES string of the molecule is CC(C)=CCC/C(C)=C/CCCC(P([O-])[O-])[P+]([O-])([O-])O. The molecule has 0 aromatic rings. The van der Waals surface area contributed by atoms with Crippen molar-refractivity contribution in [2.45, 2.75) is 58.3 Å². The lowest BCUT2D eigenvalue weighted by Crippen LogP contribution is -2.35. The molecule has 0 radical (unpaired) electrons. The molecule has 0 aliphatic carbocycles. The number of hydrogen-bond acceptors (Lipinski definition) is 5. The van der Waals surface area contributed by atoms with E-state index in [2.05, 4.69) is 6.08 Å². The smallest absolute Gasteiger partial charge is 0.0749 e. The zero-order chi connectivity index (χ0) is 15.8. The van der Waals surface area contributed by atoms with Gasteiger partial charge in [0, 0.05) is 0 Å². The largest absolute Gasteiger partial charge is 0.839 e. The van der Waals surface area contributed by atoms with E-state index in [4.69, 9.17) is 4.89 Å². The van der Waals surface area contributed by atoms with Crippen LogP contribution in [0.15, 0.2) is 23.3 Å². The molecule has 0 aromatic carbocycles. The fraction of sp³-hybridized carbons (Fsp3) is 0.692. The molecule has 118 valence electrons. The van der Waals surface area contributed by atoms with Gasteiger partial charge >= 0.3 is 0 Å². The molecule has 0 aliphatic heterocycles. The maximum Gasteiger partial charge on any atom is 0.0749 e. The Hall–Kier alpha value is 0.140. The summed E-state index contributed by atoms with van der Waals surface area (Å²) >= 11 is 0. The van der Waals surface area contributed by atoms with Crippen LogP contribution < -0.4 is 19.6 Å². The highest BCUT2D eigenvalue weighted by molar-refractivity contribution is 7.69. The summed E-state index contributed by atoms with van der Waals surface area (Å²) in [5.41, 5.74) is 2.47. The molecule has 0 fully saturated rings. The van der Waals surface area contributed by atoms with Gasteiger partial charge in [0.1, 0.15) is 0 Å². The average Bonchev–Trinajstić information content (AvgIpc) is 2.25. The van der Waals surface area contributed by atoms with Gasteiger partial charge in [0.2, 0.25) is 0 Å². The third-order valence-electron chi connectivity index (χ3n) is 2.87. The van der Waals surface area contributed by atoms with E-state index in [1.165, 1.54) is 11.1 Å². The van der Waals surface area contributed by atoms with E-state index in [9.17, 15) is 19.6 Å². The van der Waals surface area contributed by atoms with Crippen LogP contribution in [0.1, 0.15) is 52.9 Å². The molecule has 0 spiro atoms. The van der Waals surface area contributed by atoms with Crippen molar-refractivity contribution in [2.75, 3.05) is 0 Å². The Kier molecular flexibility index (Phi) is 10.0. The summed E-state index contributed by atoms with van der Waals surface area (Å²) in [5, 5.41) is -1.66. The van der Waals surface area contributed by atoms with Gasteiger partial charge in [0.25, 0.3) is 0 Å². The topological polar surface area (TPSA) is 112 Å². The minimum absolute atomic E-state index is 0.0618. The van der Waals surface area contributed by atoms with Crippen molar-refractivity contribution in [3.05, 3.63) is 23.3 Å². The lowest BCUT2D eigenvalue weighted by molar-refractivity contribution is -0.337. The Bertz CT molecular complexity index is 330. The lowest BCUT2D eigenvalue weighted by atomic mass is 10.1. The summed E-state index contributed by atoms with van der Waals surface area (Å²) in [4.78, 5) is 52.1. The Morgan fingerprint density at radius 1 is 1.15 bits per heavy atom. The highest BCUT2D eigenvalue weighted by Gasteiger charge is 2.21. The molecule has 1 unspecified atom stereocenters. The van der Waals surface area contributed by atoms with Gasteiger partial charge in [-0.05, 0) is 52.9 Å². The predicted octanol–water partition coefficient (Wildman–Crippen LogP) is 0.683. The first-order valence-corrected chi connectivity index (χ1v) is 9.50. The van der Waals surface area contributed by atoms with E-state index >= 15 is 0 Å². The maximum absolute atomic E-state index is 10.9. The Balaban J connectivity index is 4.07. The van der Waals surface area contributed by atoms with Crippen LogP contribution in [0.3, 0.4) is 0 Å². The molecule has 5 nitrogen and oxygen atoms in total. The average molecular weight is 321 g/mol. The van der Waals surface area contributed by atoms with Gasteiger partial charge in [-0.1, -0.05) is 23.3 Å². The zero-order valence-electron chi connectivity index (χ0n) is 12.2. The highest BCUT2D eigenvalue weighted by atomic mass is 31.3. The second kappa shape index (κ2) is 9.97. The normalized spacial score (nSPS) is 14.6. The molecular formula is C13H23O5P2-3. The molecule has 1 N–H and O–H groups in total. The van der Waals surface area contributed by atoms with Crippen molar-refractivity contribution in [2.24, 2.45) is 0 Å². The highest BCUT2D eigenvalue weighted by Crippen LogP contribution is 2.53. The molecule has 0 heterocycles. The third-order valence-corrected chi connectivity index (χ3v) is 6.07. The number of rotatable bonds is 9. The van der Waals surface area contributed by atoms with Crippen LogP contribution in [0.5, 0.6) is 0 Å². The summed E-state index contributed by atoms with van der Waals surface area (Å²) < 4.78 is 0. The summed E-state index contributed by atoms with van der Waals surface area (Å²) in [6, 6.07) is 0. The van der Waals surface area contributed by atoms with E-state index in [0.717, 1.165) is 12.8 Å². The standard InChI is InChI=1S/C13H24O5P2/c1-11(2)7-6-9-12(3)8-4-5-10-13(19(14)15)20(16,17)18/h7-8,13H,4-6,9-10H2,1-3H3,(H2,16,17,18)/q-2/p-1/b12-8+. The van der Waals surface area contributed by atoms with Crippen molar-refractivity contribution in [1.82, 2.24) is 0 Å². The molecule has 20 heavy (non-hydrogen) atoms. The predicted molar refractivity (Wildman–Crippen MR) is 76.1 cm³/mol. The van der Waals surface area contributed by atoms with Crippen molar-refractivity contribution in [3.63, 3.8) is 0 Å². The van der Waals surface area contributed by atoms with Gasteiger partial charge in [-0.3, -0.25) is 13.3 Å². The summed E-state index contributed by atoms with van der Waals surface area (Å²) in [6.45, 7) is 6.08. The maximum atomic E-state index is 10.9. The molecule has 7 heteroatoms. The quantitative estimate of drug-likeness (QED) is 0.381. The van der Waals surface area contributed by atoms with Gasteiger partial charge in [-0.2, -0.15) is 0 Å². The minimum Gasteiger partial charge on any atom is -0.839 e. The van der Waals surface area contributed by atoms with E-state index in [-0.39, 0.29) is 6.42 Å². The first-order valence-electron chi connectivity index (χ1n) is 6.60. The molecule has 0 rings (SSSR count). The van der Waals surface area contributed by atoms with E-state index in [0.29, 0.717) is 12.8 Å². The van der Waals surface area contributed by atoms with Crippen molar-refractivity contribution in [1.29, 1.82) is 0 Å². The van der Waals surface area contributed by atoms with E-state index < -0.39 is 21.7 Å². The van der Waals surface area contributed by atoms with Crippen LogP contribution in [-0.4, -0.2) is 10.3 Å². The monoisotopic (exact) mass is 321 g/mol. The second-order valence-electron chi connectivity index (χ2n) is 5.13. The molecule has 0 saturated carbocycles. The molecule has 0 aliphatic rings. The third kappa shape index (κ3) is 9.95. The number of hydrogen-bond donors (Lipinski definition) is 1. The molecule has 0 aromatic heterocycles. The first kappa shape index (κ1) is 20.1. The Labute approximate surface area is 123 Å². The first-order chi connectivity index (χ1) is 9.14. The van der Waals surface area contributed by atoms with Gasteiger partial charge in [-0.15, -0.1) is 0 Å². The van der Waals surface area contributed by atoms with Gasteiger partial charge in [-0.25, -0.2) is 0 Å². The van der Waals surface area contributed by atoms with Crippen LogP contribution in [0, 0.1) is 0 Å². The molecule has 1 atom stereocenters. The molecule has 0 saturated heterocycles. The Morgan fingerprint density at radius 2 is 1.75 bits per heavy atom. The minimum atomic E-state index is -4.80. The lowest BCUT2D eigenvalue weighted by Gasteiger charge is -2.47. The fourth-order valence-electron chi connectivity index (χ4n) is 1.73. The van der Waals surface area contributed by atoms with Gasteiger partial charge in [0.15, 0.2) is 0 Å². The Morgan fingerprint density at radius 3 is 2.20 bits per heavy atom. The van der Waals surface area contributed by atoms with E-state index in [1.54, 1.807) is 0 Å².